The molecule has 0 aliphatic rings. The van der Waals surface area contributed by atoms with Crippen LogP contribution in [-0.4, -0.2) is 35.4 Å². The number of para-hydroxylation sites is 1. The van der Waals surface area contributed by atoms with Gasteiger partial charge in [0.15, 0.2) is 6.61 Å². The van der Waals surface area contributed by atoms with Gasteiger partial charge in [0, 0.05) is 25.0 Å². The SMILES string of the molecule is CN(Cc1ccc(Cl)cc1)C(=O)COC(=O)CCc1nc2ccccc2s1. The van der Waals surface area contributed by atoms with E-state index in [2.05, 4.69) is 4.98 Å². The molecule has 0 fully saturated rings. The summed E-state index contributed by atoms with van der Waals surface area (Å²) in [5.74, 6) is -0.652. The van der Waals surface area contributed by atoms with Crippen LogP contribution in [0.1, 0.15) is 17.0 Å². The number of aryl methyl sites for hydroxylation is 1. The predicted octanol–water partition coefficient (Wildman–Crippen LogP) is 4.08. The summed E-state index contributed by atoms with van der Waals surface area (Å²) in [5, 5.41) is 1.54. The zero-order valence-corrected chi connectivity index (χ0v) is 16.4. The number of carbonyl (C=O) groups is 2. The summed E-state index contributed by atoms with van der Waals surface area (Å²) in [5.41, 5.74) is 1.89. The Labute approximate surface area is 166 Å². The van der Waals surface area contributed by atoms with Gasteiger partial charge in [-0.25, -0.2) is 4.98 Å². The zero-order chi connectivity index (χ0) is 19.2. The zero-order valence-electron chi connectivity index (χ0n) is 14.9. The fourth-order valence-electron chi connectivity index (χ4n) is 2.51. The Bertz CT molecular complexity index is 907. The lowest BCUT2D eigenvalue weighted by atomic mass is 10.2. The number of benzene rings is 2. The second kappa shape index (κ2) is 8.97. The predicted molar refractivity (Wildman–Crippen MR) is 107 cm³/mol. The smallest absolute Gasteiger partial charge is 0.306 e. The number of fused-ring (bicyclic) bond motifs is 1. The molecule has 0 saturated heterocycles. The summed E-state index contributed by atoms with van der Waals surface area (Å²) in [6, 6.07) is 15.1. The fraction of sp³-hybridized carbons (Fsp3) is 0.250. The van der Waals surface area contributed by atoms with Gasteiger partial charge in [0.2, 0.25) is 0 Å². The van der Waals surface area contributed by atoms with Crippen molar-refractivity contribution in [1.82, 2.24) is 9.88 Å². The largest absolute Gasteiger partial charge is 0.456 e. The van der Waals surface area contributed by atoms with Crippen molar-refractivity contribution in [2.24, 2.45) is 0 Å². The molecule has 5 nitrogen and oxygen atoms in total. The molecule has 3 aromatic rings. The van der Waals surface area contributed by atoms with Crippen molar-refractivity contribution in [2.45, 2.75) is 19.4 Å². The van der Waals surface area contributed by atoms with Crippen LogP contribution >= 0.6 is 22.9 Å². The monoisotopic (exact) mass is 402 g/mol. The Balaban J connectivity index is 1.42. The van der Waals surface area contributed by atoms with Crippen LogP contribution in [0.5, 0.6) is 0 Å². The van der Waals surface area contributed by atoms with E-state index in [4.69, 9.17) is 16.3 Å². The van der Waals surface area contributed by atoms with Crippen molar-refractivity contribution >= 4 is 45.0 Å². The maximum Gasteiger partial charge on any atom is 0.306 e. The molecule has 0 N–H and O–H groups in total. The summed E-state index contributed by atoms with van der Waals surface area (Å²) in [6.45, 7) is 0.169. The number of hydrogen-bond donors (Lipinski definition) is 0. The van der Waals surface area contributed by atoms with E-state index in [-0.39, 0.29) is 18.9 Å². The molecule has 2 aromatic carbocycles. The highest BCUT2D eigenvalue weighted by Gasteiger charge is 2.13. The second-order valence-electron chi connectivity index (χ2n) is 6.11. The highest BCUT2D eigenvalue weighted by atomic mass is 35.5. The highest BCUT2D eigenvalue weighted by molar-refractivity contribution is 7.18. The molecule has 0 bridgehead atoms. The van der Waals surface area contributed by atoms with Gasteiger partial charge < -0.3 is 9.64 Å². The van der Waals surface area contributed by atoms with Crippen LogP contribution in [0.2, 0.25) is 5.02 Å². The molecular weight excluding hydrogens is 384 g/mol. The van der Waals surface area contributed by atoms with E-state index >= 15 is 0 Å². The average Bonchev–Trinajstić information content (AvgIpc) is 3.09. The van der Waals surface area contributed by atoms with Gasteiger partial charge in [0.25, 0.3) is 5.91 Å². The van der Waals surface area contributed by atoms with Crippen molar-refractivity contribution in [2.75, 3.05) is 13.7 Å². The minimum atomic E-state index is -0.400. The van der Waals surface area contributed by atoms with Crippen molar-refractivity contribution in [3.05, 3.63) is 64.1 Å². The van der Waals surface area contributed by atoms with E-state index in [1.165, 1.54) is 4.90 Å². The number of likely N-dealkylation sites (N-methyl/N-ethyl adjacent to an activating group) is 1. The van der Waals surface area contributed by atoms with Crippen LogP contribution in [-0.2, 0) is 27.3 Å². The summed E-state index contributed by atoms with van der Waals surface area (Å²) < 4.78 is 6.20. The van der Waals surface area contributed by atoms with Gasteiger partial charge in [-0.2, -0.15) is 0 Å². The van der Waals surface area contributed by atoms with Crippen molar-refractivity contribution in [3.63, 3.8) is 0 Å². The van der Waals surface area contributed by atoms with E-state index in [1.807, 2.05) is 36.4 Å². The number of ether oxygens (including phenoxy) is 1. The van der Waals surface area contributed by atoms with Crippen molar-refractivity contribution in [1.29, 1.82) is 0 Å². The average molecular weight is 403 g/mol. The topological polar surface area (TPSA) is 59.5 Å². The lowest BCUT2D eigenvalue weighted by Gasteiger charge is -2.17. The first-order valence-electron chi connectivity index (χ1n) is 8.50. The number of amides is 1. The number of hydrogen-bond acceptors (Lipinski definition) is 5. The van der Waals surface area contributed by atoms with E-state index in [0.717, 1.165) is 20.8 Å². The number of thiazole rings is 1. The molecule has 0 aliphatic carbocycles. The quantitative estimate of drug-likeness (QED) is 0.558. The first kappa shape index (κ1) is 19.3. The molecule has 0 spiro atoms. The van der Waals surface area contributed by atoms with Gasteiger partial charge in [0.05, 0.1) is 21.6 Å². The molecule has 0 unspecified atom stereocenters. The lowest BCUT2D eigenvalue weighted by Crippen LogP contribution is -2.30. The van der Waals surface area contributed by atoms with Gasteiger partial charge in [0.1, 0.15) is 0 Å². The maximum absolute atomic E-state index is 12.1. The van der Waals surface area contributed by atoms with Gasteiger partial charge in [-0.1, -0.05) is 35.9 Å². The van der Waals surface area contributed by atoms with Gasteiger partial charge in [-0.15, -0.1) is 11.3 Å². The van der Waals surface area contributed by atoms with Crippen LogP contribution < -0.4 is 0 Å². The molecular formula is C20H19ClN2O3S. The van der Waals surface area contributed by atoms with Crippen LogP contribution in [0, 0.1) is 0 Å². The molecule has 1 aromatic heterocycles. The fourth-order valence-corrected chi connectivity index (χ4v) is 3.61. The highest BCUT2D eigenvalue weighted by Crippen LogP contribution is 2.22. The van der Waals surface area contributed by atoms with Crippen molar-refractivity contribution < 1.29 is 14.3 Å². The summed E-state index contributed by atoms with van der Waals surface area (Å²) >= 11 is 7.42. The molecule has 1 amide bonds. The Morgan fingerprint density at radius 2 is 1.89 bits per heavy atom. The standard InChI is InChI=1S/C20H19ClN2O3S/c1-23(12-14-6-8-15(21)9-7-14)19(24)13-26-20(25)11-10-18-22-16-4-2-3-5-17(16)27-18/h2-9H,10-13H2,1H3. The first-order valence-corrected chi connectivity index (χ1v) is 9.69. The molecule has 27 heavy (non-hydrogen) atoms. The maximum atomic E-state index is 12.1. The third-order valence-corrected chi connectivity index (χ3v) is 5.34. The number of rotatable bonds is 7. The number of halogens is 1. The number of carbonyl (C=O) groups excluding carboxylic acids is 2. The third-order valence-electron chi connectivity index (χ3n) is 4.00. The number of aromatic nitrogens is 1. The van der Waals surface area contributed by atoms with Crippen LogP contribution in [0.3, 0.4) is 0 Å². The van der Waals surface area contributed by atoms with Crippen molar-refractivity contribution in [3.8, 4) is 0 Å². The minimum absolute atomic E-state index is 0.202. The molecule has 140 valence electrons. The first-order chi connectivity index (χ1) is 13.0. The summed E-state index contributed by atoms with van der Waals surface area (Å²) in [4.78, 5) is 30.1. The van der Waals surface area contributed by atoms with Gasteiger partial charge in [-0.05, 0) is 29.8 Å². The van der Waals surface area contributed by atoms with Gasteiger partial charge in [-0.3, -0.25) is 9.59 Å². The molecule has 1 heterocycles. The Hall–Kier alpha value is -2.44. The second-order valence-corrected chi connectivity index (χ2v) is 7.66. The van der Waals surface area contributed by atoms with E-state index < -0.39 is 5.97 Å². The number of nitrogens with zero attached hydrogens (tertiary/aromatic N) is 2. The molecule has 0 radical (unpaired) electrons. The molecule has 0 saturated carbocycles. The van der Waals surface area contributed by atoms with E-state index in [0.29, 0.717) is 18.0 Å². The lowest BCUT2D eigenvalue weighted by molar-refractivity contribution is -0.151. The Morgan fingerprint density at radius 3 is 2.63 bits per heavy atom. The third kappa shape index (κ3) is 5.52. The van der Waals surface area contributed by atoms with Crippen LogP contribution in [0.15, 0.2) is 48.5 Å². The summed E-state index contributed by atoms with van der Waals surface area (Å²) in [6.07, 6.45) is 0.709. The minimum Gasteiger partial charge on any atom is -0.456 e. The number of esters is 1. The Kier molecular flexibility index (Phi) is 6.42. The Morgan fingerprint density at radius 1 is 1.15 bits per heavy atom. The van der Waals surface area contributed by atoms with E-state index in [1.54, 1.807) is 30.5 Å². The van der Waals surface area contributed by atoms with Crippen LogP contribution in [0.4, 0.5) is 0 Å². The van der Waals surface area contributed by atoms with E-state index in [9.17, 15) is 9.59 Å². The van der Waals surface area contributed by atoms with Gasteiger partial charge >= 0.3 is 5.97 Å². The summed E-state index contributed by atoms with van der Waals surface area (Å²) in [7, 11) is 1.67. The molecule has 7 heteroatoms. The van der Waals surface area contributed by atoms with Crippen LogP contribution in [0.25, 0.3) is 10.2 Å². The molecule has 0 aliphatic heterocycles. The molecule has 0 atom stereocenters. The molecule has 3 rings (SSSR count). The normalized spacial score (nSPS) is 10.7.